The van der Waals surface area contributed by atoms with Gasteiger partial charge in [-0.3, -0.25) is 14.4 Å². The predicted octanol–water partition coefficient (Wildman–Crippen LogP) is 1.45. The van der Waals surface area contributed by atoms with Crippen LogP contribution in [-0.4, -0.2) is 66.8 Å². The lowest BCUT2D eigenvalue weighted by atomic mass is 10.2. The highest BCUT2D eigenvalue weighted by atomic mass is 35.5. The highest BCUT2D eigenvalue weighted by Crippen LogP contribution is 2.26. The Morgan fingerprint density at radius 3 is 2.62 bits per heavy atom. The van der Waals surface area contributed by atoms with Crippen LogP contribution in [0.15, 0.2) is 6.20 Å². The minimum Gasteiger partial charge on any atom is -0.358 e. The maximum Gasteiger partial charge on any atom is 0.362 e. The fourth-order valence-electron chi connectivity index (χ4n) is 2.96. The number of aryl methyl sites for hydroxylation is 2. The number of nitrogens with one attached hydrogen (secondary N) is 1. The number of aromatic nitrogens is 4. The van der Waals surface area contributed by atoms with Gasteiger partial charge in [0.25, 0.3) is 5.91 Å². The summed E-state index contributed by atoms with van der Waals surface area (Å²) in [4.78, 5) is 26.5. The lowest BCUT2D eigenvalue weighted by Gasteiger charge is -2.34. The first-order valence-corrected chi connectivity index (χ1v) is 8.71. The average molecular weight is 382 g/mol. The number of hydrogen-bond donors (Lipinski definition) is 1. The van der Waals surface area contributed by atoms with E-state index in [0.717, 1.165) is 18.8 Å². The number of halogens is 1. The Labute approximate surface area is 154 Å². The van der Waals surface area contributed by atoms with Crippen LogP contribution in [0.3, 0.4) is 0 Å². The topological polar surface area (TPSA) is 113 Å². The molecule has 26 heavy (non-hydrogen) atoms. The fraction of sp³-hybridized carbons (Fsp3) is 0.533. The Bertz CT molecular complexity index is 823. The van der Waals surface area contributed by atoms with Gasteiger partial charge in [-0.2, -0.15) is 5.10 Å². The monoisotopic (exact) mass is 381 g/mol. The molecule has 11 heteroatoms. The van der Waals surface area contributed by atoms with Gasteiger partial charge in [0.2, 0.25) is 0 Å². The second-order valence-corrected chi connectivity index (χ2v) is 6.53. The smallest absolute Gasteiger partial charge is 0.358 e. The summed E-state index contributed by atoms with van der Waals surface area (Å²) in [6.07, 6.45) is 2.05. The van der Waals surface area contributed by atoms with Crippen molar-refractivity contribution >= 4 is 23.3 Å². The highest BCUT2D eigenvalue weighted by Gasteiger charge is 2.30. The van der Waals surface area contributed by atoms with Crippen LogP contribution in [0.25, 0.3) is 0 Å². The number of nitrogens with zero attached hydrogens (tertiary/aromatic N) is 6. The van der Waals surface area contributed by atoms with Gasteiger partial charge in [0.15, 0.2) is 10.7 Å². The summed E-state index contributed by atoms with van der Waals surface area (Å²) >= 11 is 5.90. The fourth-order valence-corrected chi connectivity index (χ4v) is 3.19. The number of piperazine rings is 1. The number of amides is 1. The molecule has 1 aliphatic rings. The molecule has 1 amide bonds. The zero-order chi connectivity index (χ0) is 18.8. The Hall–Kier alpha value is -2.46. The van der Waals surface area contributed by atoms with Crippen molar-refractivity contribution in [2.45, 2.75) is 26.9 Å². The number of rotatable bonds is 5. The molecule has 0 radical (unpaired) electrons. The molecular formula is C15H20ClN7O3. The maximum absolute atomic E-state index is 12.5. The zero-order valence-electron chi connectivity index (χ0n) is 14.6. The predicted molar refractivity (Wildman–Crippen MR) is 94.1 cm³/mol. The number of carbonyl (C=O) groups excluding carboxylic acids is 1. The number of hydrogen-bond acceptors (Lipinski definition) is 6. The molecule has 10 nitrogen and oxygen atoms in total. The SMILES string of the molecule is CCn1cc(CN2CCN(C(=O)c3n[nH]c([N+](=O)[O-])c3Cl)CC2)c(C)n1. The van der Waals surface area contributed by atoms with E-state index in [1.807, 2.05) is 18.5 Å². The van der Waals surface area contributed by atoms with Crippen molar-refractivity contribution in [1.82, 2.24) is 29.8 Å². The van der Waals surface area contributed by atoms with Crippen molar-refractivity contribution in [3.8, 4) is 0 Å². The Kier molecular flexibility index (Phi) is 5.23. The third-order valence-electron chi connectivity index (χ3n) is 4.50. The lowest BCUT2D eigenvalue weighted by Crippen LogP contribution is -2.48. The second kappa shape index (κ2) is 7.42. The van der Waals surface area contributed by atoms with Gasteiger partial charge in [-0.25, -0.2) is 0 Å². The molecule has 0 aliphatic carbocycles. The van der Waals surface area contributed by atoms with Gasteiger partial charge < -0.3 is 15.0 Å². The van der Waals surface area contributed by atoms with Gasteiger partial charge in [0.05, 0.1) is 5.69 Å². The molecule has 0 aromatic carbocycles. The van der Waals surface area contributed by atoms with Gasteiger partial charge in [-0.05, 0) is 18.8 Å². The molecule has 1 fully saturated rings. The van der Waals surface area contributed by atoms with E-state index >= 15 is 0 Å². The summed E-state index contributed by atoms with van der Waals surface area (Å²) in [6.45, 7) is 8.08. The molecule has 0 bridgehead atoms. The van der Waals surface area contributed by atoms with E-state index < -0.39 is 16.6 Å². The van der Waals surface area contributed by atoms with Gasteiger partial charge >= 0.3 is 5.82 Å². The van der Waals surface area contributed by atoms with Crippen molar-refractivity contribution in [1.29, 1.82) is 0 Å². The largest absolute Gasteiger partial charge is 0.362 e. The number of carbonyl (C=O) groups is 1. The number of nitro groups is 1. The molecule has 0 unspecified atom stereocenters. The van der Waals surface area contributed by atoms with E-state index in [-0.39, 0.29) is 10.7 Å². The quantitative estimate of drug-likeness (QED) is 0.619. The molecule has 0 atom stereocenters. The lowest BCUT2D eigenvalue weighted by molar-refractivity contribution is -0.389. The molecule has 0 spiro atoms. The maximum atomic E-state index is 12.5. The van der Waals surface area contributed by atoms with Crippen LogP contribution in [0.1, 0.15) is 28.7 Å². The third-order valence-corrected chi connectivity index (χ3v) is 4.86. The van der Waals surface area contributed by atoms with Gasteiger partial charge in [0.1, 0.15) is 0 Å². The van der Waals surface area contributed by atoms with Crippen LogP contribution in [-0.2, 0) is 13.1 Å². The highest BCUT2D eigenvalue weighted by molar-refractivity contribution is 6.35. The summed E-state index contributed by atoms with van der Waals surface area (Å²) in [5.41, 5.74) is 2.09. The molecule has 3 heterocycles. The Morgan fingerprint density at radius 2 is 2.08 bits per heavy atom. The Balaban J connectivity index is 1.60. The van der Waals surface area contributed by atoms with Gasteiger partial charge in [0, 0.05) is 51.0 Å². The first-order valence-electron chi connectivity index (χ1n) is 8.33. The summed E-state index contributed by atoms with van der Waals surface area (Å²) < 4.78 is 1.91. The van der Waals surface area contributed by atoms with Crippen LogP contribution >= 0.6 is 11.6 Å². The standard InChI is InChI=1S/C15H20ClN7O3/c1-3-22-9-11(10(2)19-22)8-20-4-6-21(7-5-20)15(24)13-12(16)14(18-17-13)23(25)26/h9H,3-8H2,1-2H3,(H,17,18). The molecule has 3 rings (SSSR count). The minimum atomic E-state index is -0.692. The van der Waals surface area contributed by atoms with Gasteiger partial charge in [-0.1, -0.05) is 16.7 Å². The first kappa shape index (κ1) is 18.3. The molecular weight excluding hydrogens is 362 g/mol. The van der Waals surface area contributed by atoms with E-state index in [2.05, 4.69) is 26.4 Å². The number of aromatic amines is 1. The van der Waals surface area contributed by atoms with Crippen LogP contribution < -0.4 is 0 Å². The first-order chi connectivity index (χ1) is 12.4. The third kappa shape index (κ3) is 3.56. The van der Waals surface area contributed by atoms with E-state index in [4.69, 9.17) is 11.6 Å². The normalized spacial score (nSPS) is 15.4. The van der Waals surface area contributed by atoms with E-state index in [1.165, 1.54) is 5.56 Å². The summed E-state index contributed by atoms with van der Waals surface area (Å²) in [7, 11) is 0. The van der Waals surface area contributed by atoms with Crippen molar-refractivity contribution in [2.75, 3.05) is 26.2 Å². The van der Waals surface area contributed by atoms with E-state index in [1.54, 1.807) is 4.90 Å². The summed E-state index contributed by atoms with van der Waals surface area (Å²) in [5.74, 6) is -0.856. The Morgan fingerprint density at radius 1 is 1.38 bits per heavy atom. The molecule has 1 N–H and O–H groups in total. The molecule has 0 saturated carbocycles. The van der Waals surface area contributed by atoms with Crippen LogP contribution in [0.2, 0.25) is 5.02 Å². The van der Waals surface area contributed by atoms with Crippen molar-refractivity contribution in [3.05, 3.63) is 38.3 Å². The average Bonchev–Trinajstić information content (AvgIpc) is 3.18. The van der Waals surface area contributed by atoms with Crippen LogP contribution in [0, 0.1) is 17.0 Å². The summed E-state index contributed by atoms with van der Waals surface area (Å²) in [5, 5.41) is 20.9. The van der Waals surface area contributed by atoms with Crippen LogP contribution in [0.5, 0.6) is 0 Å². The van der Waals surface area contributed by atoms with E-state index in [0.29, 0.717) is 26.2 Å². The molecule has 1 aliphatic heterocycles. The van der Waals surface area contributed by atoms with Crippen molar-refractivity contribution < 1.29 is 9.72 Å². The van der Waals surface area contributed by atoms with Crippen LogP contribution in [0.4, 0.5) is 5.82 Å². The minimum absolute atomic E-state index is 0.105. The van der Waals surface area contributed by atoms with Gasteiger partial charge in [-0.15, -0.1) is 5.10 Å². The zero-order valence-corrected chi connectivity index (χ0v) is 15.4. The molecule has 1 saturated heterocycles. The molecule has 2 aromatic rings. The van der Waals surface area contributed by atoms with Crippen molar-refractivity contribution in [3.63, 3.8) is 0 Å². The molecule has 2 aromatic heterocycles. The second-order valence-electron chi connectivity index (χ2n) is 6.16. The number of H-pyrrole nitrogens is 1. The summed E-state index contributed by atoms with van der Waals surface area (Å²) in [6, 6.07) is 0. The molecule has 140 valence electrons. The van der Waals surface area contributed by atoms with Crippen molar-refractivity contribution in [2.24, 2.45) is 0 Å². The van der Waals surface area contributed by atoms with E-state index in [9.17, 15) is 14.9 Å².